The summed E-state index contributed by atoms with van der Waals surface area (Å²) in [4.78, 5) is 16.9. The molecule has 19 heavy (non-hydrogen) atoms. The Balaban J connectivity index is 2.14. The summed E-state index contributed by atoms with van der Waals surface area (Å²) >= 11 is 0. The number of nitrogens with zero attached hydrogens (tertiary/aromatic N) is 1. The minimum absolute atomic E-state index is 0.0777. The van der Waals surface area contributed by atoms with E-state index in [4.69, 9.17) is 0 Å². The van der Waals surface area contributed by atoms with Crippen LogP contribution in [-0.2, 0) is 0 Å². The number of Topliss-reactive ketones (excluding diaryl/α,β-unsaturated/α-hetero) is 1. The number of rotatable bonds is 2. The molecule has 1 aromatic carbocycles. The Morgan fingerprint density at radius 3 is 2.58 bits per heavy atom. The summed E-state index contributed by atoms with van der Waals surface area (Å²) in [5.74, 6) is 0.846. The van der Waals surface area contributed by atoms with Crippen LogP contribution < -0.4 is 0 Å². The second-order valence-electron chi connectivity index (χ2n) is 5.49. The lowest BCUT2D eigenvalue weighted by atomic mass is 9.80. The topological polar surface area (TPSA) is 30.0 Å². The zero-order chi connectivity index (χ0) is 13.4. The molecule has 2 aromatic rings. The predicted octanol–water partition coefficient (Wildman–Crippen LogP) is 3.80. The van der Waals surface area contributed by atoms with Crippen molar-refractivity contribution in [2.24, 2.45) is 5.92 Å². The van der Waals surface area contributed by atoms with Crippen molar-refractivity contribution in [3.05, 3.63) is 65.5 Å². The van der Waals surface area contributed by atoms with Crippen molar-refractivity contribution in [1.29, 1.82) is 0 Å². The number of ketones is 1. The molecule has 0 amide bonds. The van der Waals surface area contributed by atoms with Gasteiger partial charge in [0.05, 0.1) is 5.92 Å². The first-order valence-corrected chi connectivity index (χ1v) is 6.73. The van der Waals surface area contributed by atoms with Crippen LogP contribution in [0.1, 0.15) is 47.2 Å². The second-order valence-corrected chi connectivity index (χ2v) is 5.49. The summed E-state index contributed by atoms with van der Waals surface area (Å²) in [6.45, 7) is 4.37. The van der Waals surface area contributed by atoms with E-state index in [-0.39, 0.29) is 17.6 Å². The van der Waals surface area contributed by atoms with Gasteiger partial charge in [-0.3, -0.25) is 9.78 Å². The van der Waals surface area contributed by atoms with Gasteiger partial charge in [-0.15, -0.1) is 0 Å². The molecule has 3 rings (SSSR count). The maximum atomic E-state index is 12.7. The van der Waals surface area contributed by atoms with Gasteiger partial charge in [0.15, 0.2) is 5.78 Å². The van der Waals surface area contributed by atoms with Gasteiger partial charge < -0.3 is 0 Å². The van der Waals surface area contributed by atoms with Gasteiger partial charge in [0.2, 0.25) is 0 Å². The van der Waals surface area contributed by atoms with E-state index in [0.29, 0.717) is 5.92 Å². The molecule has 1 aliphatic carbocycles. The predicted molar refractivity (Wildman–Crippen MR) is 75.3 cm³/mol. The van der Waals surface area contributed by atoms with Gasteiger partial charge in [-0.1, -0.05) is 44.2 Å². The summed E-state index contributed by atoms with van der Waals surface area (Å²) in [6, 6.07) is 11.9. The Kier molecular flexibility index (Phi) is 2.94. The van der Waals surface area contributed by atoms with Crippen molar-refractivity contribution >= 4 is 5.78 Å². The van der Waals surface area contributed by atoms with Gasteiger partial charge in [0.1, 0.15) is 0 Å². The third-order valence-electron chi connectivity index (χ3n) is 3.99. The highest BCUT2D eigenvalue weighted by molar-refractivity contribution is 6.06. The number of pyridine rings is 1. The summed E-state index contributed by atoms with van der Waals surface area (Å²) in [5.41, 5.74) is 3.11. The van der Waals surface area contributed by atoms with Crippen LogP contribution in [0, 0.1) is 5.92 Å². The minimum atomic E-state index is -0.0777. The standard InChI is InChI=1S/C17H17NO/c1-11(2)15-13-7-3-4-8-14(13)17(19)16(15)12-6-5-9-18-10-12/h3-11,15-16H,1-2H3/t15-,16-/m0/s1. The first-order chi connectivity index (χ1) is 9.20. The van der Waals surface area contributed by atoms with Gasteiger partial charge >= 0.3 is 0 Å². The van der Waals surface area contributed by atoms with E-state index < -0.39 is 0 Å². The first kappa shape index (κ1) is 12.1. The summed E-state index contributed by atoms with van der Waals surface area (Å²) in [6.07, 6.45) is 3.57. The van der Waals surface area contributed by atoms with Crippen LogP contribution in [0.3, 0.4) is 0 Å². The molecule has 0 radical (unpaired) electrons. The van der Waals surface area contributed by atoms with Crippen LogP contribution >= 0.6 is 0 Å². The highest BCUT2D eigenvalue weighted by atomic mass is 16.1. The van der Waals surface area contributed by atoms with Gasteiger partial charge in [-0.2, -0.15) is 0 Å². The fourth-order valence-corrected chi connectivity index (χ4v) is 3.18. The lowest BCUT2D eigenvalue weighted by Crippen LogP contribution is -2.16. The van der Waals surface area contributed by atoms with Gasteiger partial charge in [-0.05, 0) is 23.1 Å². The van der Waals surface area contributed by atoms with Crippen molar-refractivity contribution in [1.82, 2.24) is 4.98 Å². The monoisotopic (exact) mass is 251 g/mol. The van der Waals surface area contributed by atoms with Crippen LogP contribution in [0.25, 0.3) is 0 Å². The minimum Gasteiger partial charge on any atom is -0.293 e. The SMILES string of the molecule is CC(C)[C@H]1c2ccccc2C(=O)[C@H]1c1cccnc1. The van der Waals surface area contributed by atoms with E-state index in [2.05, 4.69) is 24.9 Å². The van der Waals surface area contributed by atoms with E-state index in [9.17, 15) is 4.79 Å². The van der Waals surface area contributed by atoms with Crippen molar-refractivity contribution in [2.75, 3.05) is 0 Å². The molecule has 0 bridgehead atoms. The molecule has 0 aliphatic heterocycles. The van der Waals surface area contributed by atoms with Crippen LogP contribution in [0.5, 0.6) is 0 Å². The molecule has 2 nitrogen and oxygen atoms in total. The molecule has 0 spiro atoms. The van der Waals surface area contributed by atoms with Gasteiger partial charge in [0.25, 0.3) is 0 Å². The number of hydrogen-bond acceptors (Lipinski definition) is 2. The van der Waals surface area contributed by atoms with Crippen LogP contribution in [0.2, 0.25) is 0 Å². The molecule has 0 saturated carbocycles. The third-order valence-corrected chi connectivity index (χ3v) is 3.99. The Morgan fingerprint density at radius 1 is 1.11 bits per heavy atom. The largest absolute Gasteiger partial charge is 0.293 e. The smallest absolute Gasteiger partial charge is 0.171 e. The zero-order valence-electron chi connectivity index (χ0n) is 11.2. The maximum absolute atomic E-state index is 12.7. The zero-order valence-corrected chi connectivity index (χ0v) is 11.2. The molecular weight excluding hydrogens is 234 g/mol. The number of fused-ring (bicyclic) bond motifs is 1. The van der Waals surface area contributed by atoms with Crippen molar-refractivity contribution in [3.63, 3.8) is 0 Å². The van der Waals surface area contributed by atoms with Crippen molar-refractivity contribution < 1.29 is 4.79 Å². The summed E-state index contributed by atoms with van der Waals surface area (Å²) in [7, 11) is 0. The molecule has 0 fully saturated rings. The average molecular weight is 251 g/mol. The number of hydrogen-bond donors (Lipinski definition) is 0. The first-order valence-electron chi connectivity index (χ1n) is 6.73. The molecule has 1 aromatic heterocycles. The molecule has 1 aliphatic rings. The number of aromatic nitrogens is 1. The van der Waals surface area contributed by atoms with Crippen molar-refractivity contribution in [3.8, 4) is 0 Å². The fourth-order valence-electron chi connectivity index (χ4n) is 3.18. The molecule has 96 valence electrons. The molecule has 0 unspecified atom stereocenters. The van der Waals surface area contributed by atoms with E-state index in [1.807, 2.05) is 36.5 Å². The second kappa shape index (κ2) is 4.61. The highest BCUT2D eigenvalue weighted by Crippen LogP contribution is 2.47. The number of carbonyl (C=O) groups excluding carboxylic acids is 1. The van der Waals surface area contributed by atoms with Gasteiger partial charge in [0, 0.05) is 23.9 Å². The maximum Gasteiger partial charge on any atom is 0.171 e. The molecule has 0 saturated heterocycles. The lowest BCUT2D eigenvalue weighted by molar-refractivity contribution is 0.0958. The van der Waals surface area contributed by atoms with Gasteiger partial charge in [-0.25, -0.2) is 0 Å². The summed E-state index contributed by atoms with van der Waals surface area (Å²) < 4.78 is 0. The molecule has 2 heteroatoms. The lowest BCUT2D eigenvalue weighted by Gasteiger charge is -2.23. The molecule has 0 N–H and O–H groups in total. The van der Waals surface area contributed by atoms with E-state index in [1.165, 1.54) is 5.56 Å². The van der Waals surface area contributed by atoms with E-state index in [1.54, 1.807) is 6.20 Å². The van der Waals surface area contributed by atoms with E-state index >= 15 is 0 Å². The Bertz CT molecular complexity index is 604. The summed E-state index contributed by atoms with van der Waals surface area (Å²) in [5, 5.41) is 0. The Morgan fingerprint density at radius 2 is 1.89 bits per heavy atom. The van der Waals surface area contributed by atoms with Crippen LogP contribution in [-0.4, -0.2) is 10.8 Å². The Hall–Kier alpha value is -1.96. The third kappa shape index (κ3) is 1.88. The quantitative estimate of drug-likeness (QED) is 0.812. The van der Waals surface area contributed by atoms with Crippen molar-refractivity contribution in [2.45, 2.75) is 25.7 Å². The molecule has 2 atom stereocenters. The Labute approximate surface area is 113 Å². The fraction of sp³-hybridized carbons (Fsp3) is 0.294. The number of carbonyl (C=O) groups is 1. The average Bonchev–Trinajstić information content (AvgIpc) is 2.74. The molecular formula is C17H17NO. The van der Waals surface area contributed by atoms with E-state index in [0.717, 1.165) is 11.1 Å². The van der Waals surface area contributed by atoms with Crippen LogP contribution in [0.15, 0.2) is 48.8 Å². The van der Waals surface area contributed by atoms with Crippen LogP contribution in [0.4, 0.5) is 0 Å². The highest BCUT2D eigenvalue weighted by Gasteiger charge is 2.41. The number of benzene rings is 1. The normalized spacial score (nSPS) is 21.7. The molecule has 1 heterocycles.